The normalized spacial score (nSPS) is 20.1. The van der Waals surface area contributed by atoms with Gasteiger partial charge in [0.2, 0.25) is 11.9 Å². The van der Waals surface area contributed by atoms with Gasteiger partial charge < -0.3 is 14.7 Å². The molecule has 0 unspecified atom stereocenters. The van der Waals surface area contributed by atoms with Crippen LogP contribution in [0.25, 0.3) is 0 Å². The molecular weight excluding hydrogens is 292 g/mol. The van der Waals surface area contributed by atoms with Crippen molar-refractivity contribution in [1.29, 1.82) is 0 Å². The Kier molecular flexibility index (Phi) is 5.90. The summed E-state index contributed by atoms with van der Waals surface area (Å²) in [5.41, 5.74) is 1.08. The Morgan fingerprint density at radius 2 is 1.83 bits per heavy atom. The molecule has 0 saturated carbocycles. The third kappa shape index (κ3) is 4.87. The van der Waals surface area contributed by atoms with E-state index in [1.165, 1.54) is 0 Å². The maximum absolute atomic E-state index is 12.4. The molecule has 0 aromatic carbocycles. The van der Waals surface area contributed by atoms with Gasteiger partial charge in [-0.25, -0.2) is 9.97 Å². The lowest BCUT2D eigenvalue weighted by molar-refractivity contribution is -0.133. The molecule has 1 fully saturated rings. The number of anilines is 1. The van der Waals surface area contributed by atoms with Crippen molar-refractivity contribution in [3.63, 3.8) is 0 Å². The highest BCUT2D eigenvalue weighted by atomic mass is 16.2. The Balaban J connectivity index is 2.04. The van der Waals surface area contributed by atoms with Crippen LogP contribution >= 0.6 is 0 Å². The highest BCUT2D eigenvalue weighted by Gasteiger charge is 2.27. The molecule has 2 rings (SSSR count). The Morgan fingerprint density at radius 1 is 1.17 bits per heavy atom. The van der Waals surface area contributed by atoms with Crippen LogP contribution in [0.1, 0.15) is 5.56 Å². The number of hydrogen-bond acceptors (Lipinski definition) is 6. The first kappa shape index (κ1) is 17.6. The van der Waals surface area contributed by atoms with Crippen LogP contribution < -0.4 is 4.90 Å². The fourth-order valence-corrected chi connectivity index (χ4v) is 2.82. The summed E-state index contributed by atoms with van der Waals surface area (Å²) in [6, 6.07) is 0. The van der Waals surface area contributed by atoms with E-state index < -0.39 is 0 Å². The van der Waals surface area contributed by atoms with Crippen molar-refractivity contribution < 1.29 is 4.79 Å². The summed E-state index contributed by atoms with van der Waals surface area (Å²) in [5.74, 6) is 0.924. The summed E-state index contributed by atoms with van der Waals surface area (Å²) in [5, 5.41) is 0. The summed E-state index contributed by atoms with van der Waals surface area (Å²) in [7, 11) is 9.58. The molecule has 1 aromatic rings. The van der Waals surface area contributed by atoms with E-state index in [0.717, 1.165) is 38.3 Å². The molecule has 0 N–H and O–H groups in total. The minimum Gasteiger partial charge on any atom is -0.348 e. The Hall–Kier alpha value is -1.73. The fourth-order valence-electron chi connectivity index (χ4n) is 2.82. The monoisotopic (exact) mass is 320 g/mol. The second kappa shape index (κ2) is 7.70. The third-order valence-corrected chi connectivity index (χ3v) is 4.10. The smallest absolute Gasteiger partial charge is 0.227 e. The third-order valence-electron chi connectivity index (χ3n) is 4.10. The molecular formula is C16H28N6O. The molecule has 1 aromatic heterocycles. The van der Waals surface area contributed by atoms with Crippen molar-refractivity contribution in [3.8, 4) is 0 Å². The van der Waals surface area contributed by atoms with E-state index >= 15 is 0 Å². The lowest BCUT2D eigenvalue weighted by Gasteiger charge is -2.25. The molecule has 1 amide bonds. The molecule has 1 saturated heterocycles. The molecule has 2 heterocycles. The molecule has 0 radical (unpaired) electrons. The summed E-state index contributed by atoms with van der Waals surface area (Å²) in [6.45, 7) is 4.27. The molecule has 0 bridgehead atoms. The van der Waals surface area contributed by atoms with Crippen molar-refractivity contribution in [1.82, 2.24) is 24.7 Å². The van der Waals surface area contributed by atoms with Crippen molar-refractivity contribution in [2.24, 2.45) is 5.92 Å². The van der Waals surface area contributed by atoms with E-state index in [2.05, 4.69) is 26.8 Å². The lowest BCUT2D eigenvalue weighted by Crippen LogP contribution is -2.40. The zero-order chi connectivity index (χ0) is 17.0. The maximum Gasteiger partial charge on any atom is 0.227 e. The summed E-state index contributed by atoms with van der Waals surface area (Å²) >= 11 is 0. The Morgan fingerprint density at radius 3 is 2.39 bits per heavy atom. The molecule has 1 aliphatic heterocycles. The number of amides is 1. The predicted molar refractivity (Wildman–Crippen MR) is 91.3 cm³/mol. The van der Waals surface area contributed by atoms with Gasteiger partial charge in [-0.2, -0.15) is 0 Å². The van der Waals surface area contributed by atoms with Gasteiger partial charge in [-0.15, -0.1) is 0 Å². The molecule has 1 atom stereocenters. The van der Waals surface area contributed by atoms with Gasteiger partial charge in [0.15, 0.2) is 0 Å². The molecule has 7 nitrogen and oxygen atoms in total. The SMILES string of the molecule is CN1CCN(Cc2cnc(N(C)C)nc2)C[C@H](C(=O)N(C)C)C1. The van der Waals surface area contributed by atoms with E-state index in [4.69, 9.17) is 0 Å². The van der Waals surface area contributed by atoms with E-state index in [1.807, 2.05) is 45.5 Å². The largest absolute Gasteiger partial charge is 0.348 e. The predicted octanol–water partition coefficient (Wildman–Crippen LogP) is -0.00560. The van der Waals surface area contributed by atoms with Crippen molar-refractivity contribution >= 4 is 11.9 Å². The number of nitrogens with zero attached hydrogens (tertiary/aromatic N) is 6. The fraction of sp³-hybridized carbons (Fsp3) is 0.688. The van der Waals surface area contributed by atoms with Gasteiger partial charge in [-0.05, 0) is 7.05 Å². The van der Waals surface area contributed by atoms with Crippen LogP contribution in [0.4, 0.5) is 5.95 Å². The van der Waals surface area contributed by atoms with Crippen molar-refractivity contribution in [3.05, 3.63) is 18.0 Å². The Bertz CT molecular complexity index is 516. The van der Waals surface area contributed by atoms with Gasteiger partial charge >= 0.3 is 0 Å². The topological polar surface area (TPSA) is 55.8 Å². The number of likely N-dealkylation sites (N-methyl/N-ethyl adjacent to an activating group) is 1. The van der Waals surface area contributed by atoms with Crippen LogP contribution in [-0.2, 0) is 11.3 Å². The van der Waals surface area contributed by atoms with Gasteiger partial charge in [0.25, 0.3) is 0 Å². The van der Waals surface area contributed by atoms with Crippen molar-refractivity contribution in [2.45, 2.75) is 6.54 Å². The lowest BCUT2D eigenvalue weighted by atomic mass is 10.1. The Labute approximate surface area is 138 Å². The molecule has 7 heteroatoms. The summed E-state index contributed by atoms with van der Waals surface area (Å²) < 4.78 is 0. The summed E-state index contributed by atoms with van der Waals surface area (Å²) in [4.78, 5) is 29.2. The minimum absolute atomic E-state index is 0.0134. The van der Waals surface area contributed by atoms with Gasteiger partial charge in [0.1, 0.15) is 0 Å². The van der Waals surface area contributed by atoms with E-state index in [-0.39, 0.29) is 11.8 Å². The average molecular weight is 320 g/mol. The second-order valence-corrected chi connectivity index (χ2v) is 6.71. The van der Waals surface area contributed by atoms with E-state index in [1.54, 1.807) is 4.90 Å². The standard InChI is InChI=1S/C16H28N6O/c1-19(2)15(23)14-11-21(5)6-7-22(12-14)10-13-8-17-16(18-9-13)20(3)4/h8-9,14H,6-7,10-12H2,1-5H3/t14-/m1/s1. The van der Waals surface area contributed by atoms with Crippen LogP contribution in [0, 0.1) is 5.92 Å². The zero-order valence-corrected chi connectivity index (χ0v) is 14.9. The molecule has 23 heavy (non-hydrogen) atoms. The van der Waals surface area contributed by atoms with Crippen LogP contribution in [0.5, 0.6) is 0 Å². The second-order valence-electron chi connectivity index (χ2n) is 6.71. The summed E-state index contributed by atoms with van der Waals surface area (Å²) in [6.07, 6.45) is 3.75. The van der Waals surface area contributed by atoms with E-state index in [0.29, 0.717) is 5.95 Å². The number of carbonyl (C=O) groups excluding carboxylic acids is 1. The van der Waals surface area contributed by atoms with Crippen molar-refractivity contribution in [2.75, 3.05) is 66.3 Å². The molecule has 1 aliphatic rings. The molecule has 0 aliphatic carbocycles. The van der Waals surface area contributed by atoms with Crippen LogP contribution in [0.2, 0.25) is 0 Å². The first-order valence-corrected chi connectivity index (χ1v) is 7.97. The zero-order valence-electron chi connectivity index (χ0n) is 14.9. The molecule has 128 valence electrons. The minimum atomic E-state index is 0.0134. The van der Waals surface area contributed by atoms with Crippen LogP contribution in [0.3, 0.4) is 0 Å². The average Bonchev–Trinajstić information content (AvgIpc) is 2.69. The highest BCUT2D eigenvalue weighted by molar-refractivity contribution is 5.78. The quantitative estimate of drug-likeness (QED) is 0.778. The molecule has 0 spiro atoms. The first-order chi connectivity index (χ1) is 10.9. The number of carbonyl (C=O) groups is 1. The van der Waals surface area contributed by atoms with E-state index in [9.17, 15) is 4.79 Å². The number of hydrogen-bond donors (Lipinski definition) is 0. The number of rotatable bonds is 4. The highest BCUT2D eigenvalue weighted by Crippen LogP contribution is 2.14. The first-order valence-electron chi connectivity index (χ1n) is 7.97. The van der Waals surface area contributed by atoms with Gasteiger partial charge in [-0.3, -0.25) is 9.69 Å². The maximum atomic E-state index is 12.4. The van der Waals surface area contributed by atoms with Crippen LogP contribution in [0.15, 0.2) is 12.4 Å². The number of aromatic nitrogens is 2. The van der Waals surface area contributed by atoms with Gasteiger partial charge in [0, 0.05) is 78.9 Å². The van der Waals surface area contributed by atoms with Gasteiger partial charge in [-0.1, -0.05) is 0 Å². The van der Waals surface area contributed by atoms with Crippen LogP contribution in [-0.4, -0.2) is 92.0 Å². The van der Waals surface area contributed by atoms with Gasteiger partial charge in [0.05, 0.1) is 5.92 Å².